The summed E-state index contributed by atoms with van der Waals surface area (Å²) in [6.07, 6.45) is 2.45. The van der Waals surface area contributed by atoms with E-state index in [0.29, 0.717) is 6.04 Å². The Labute approximate surface area is 92.8 Å². The van der Waals surface area contributed by atoms with Gasteiger partial charge in [-0.1, -0.05) is 12.1 Å². The Balaban J connectivity index is 2.35. The number of ether oxygens (including phenoxy) is 1. The molecule has 1 N–H and O–H groups in total. The van der Waals surface area contributed by atoms with Crippen LogP contribution in [0.15, 0.2) is 22.7 Å². The van der Waals surface area contributed by atoms with Gasteiger partial charge in [0.15, 0.2) is 0 Å². The van der Waals surface area contributed by atoms with Crippen molar-refractivity contribution in [2.24, 2.45) is 0 Å². The third-order valence-electron chi connectivity index (χ3n) is 2.64. The minimum absolute atomic E-state index is 0.461. The molecule has 3 heteroatoms. The minimum atomic E-state index is 0.461. The molecule has 1 heterocycles. The smallest absolute Gasteiger partial charge is 0.137 e. The molecule has 2 rings (SSSR count). The van der Waals surface area contributed by atoms with Crippen LogP contribution in [-0.2, 0) is 0 Å². The van der Waals surface area contributed by atoms with E-state index in [2.05, 4.69) is 33.4 Å². The number of rotatable bonds is 2. The van der Waals surface area contributed by atoms with Crippen LogP contribution in [0.5, 0.6) is 5.75 Å². The number of halogens is 1. The topological polar surface area (TPSA) is 21.3 Å². The van der Waals surface area contributed by atoms with Gasteiger partial charge in [0.2, 0.25) is 0 Å². The Morgan fingerprint density at radius 3 is 3.00 bits per heavy atom. The summed E-state index contributed by atoms with van der Waals surface area (Å²) in [6, 6.07) is 6.66. The molecule has 1 aromatic rings. The number of para-hydroxylation sites is 1. The lowest BCUT2D eigenvalue weighted by atomic mass is 10.0. The summed E-state index contributed by atoms with van der Waals surface area (Å²) in [6.45, 7) is 1.11. The van der Waals surface area contributed by atoms with Crippen molar-refractivity contribution >= 4 is 15.9 Å². The molecule has 1 atom stereocenters. The van der Waals surface area contributed by atoms with Gasteiger partial charge in [-0.25, -0.2) is 0 Å². The fourth-order valence-electron chi connectivity index (χ4n) is 1.97. The van der Waals surface area contributed by atoms with Gasteiger partial charge >= 0.3 is 0 Å². The van der Waals surface area contributed by atoms with Crippen LogP contribution >= 0.6 is 15.9 Å². The van der Waals surface area contributed by atoms with Gasteiger partial charge in [-0.3, -0.25) is 0 Å². The van der Waals surface area contributed by atoms with E-state index in [-0.39, 0.29) is 0 Å². The quantitative estimate of drug-likeness (QED) is 0.878. The van der Waals surface area contributed by atoms with E-state index in [1.165, 1.54) is 18.4 Å². The maximum atomic E-state index is 5.40. The molecule has 0 amide bonds. The van der Waals surface area contributed by atoms with Gasteiger partial charge < -0.3 is 10.1 Å². The first kappa shape index (κ1) is 9.99. The van der Waals surface area contributed by atoms with E-state index >= 15 is 0 Å². The first-order chi connectivity index (χ1) is 6.83. The van der Waals surface area contributed by atoms with Crippen molar-refractivity contribution < 1.29 is 4.74 Å². The highest BCUT2D eigenvalue weighted by atomic mass is 79.9. The van der Waals surface area contributed by atoms with Gasteiger partial charge in [-0.2, -0.15) is 0 Å². The van der Waals surface area contributed by atoms with E-state index < -0.39 is 0 Å². The molecule has 2 nitrogen and oxygen atoms in total. The monoisotopic (exact) mass is 255 g/mol. The van der Waals surface area contributed by atoms with Crippen molar-refractivity contribution in [1.29, 1.82) is 0 Å². The van der Waals surface area contributed by atoms with Crippen LogP contribution in [0.2, 0.25) is 0 Å². The first-order valence-corrected chi connectivity index (χ1v) is 5.68. The highest BCUT2D eigenvalue weighted by Crippen LogP contribution is 2.35. The van der Waals surface area contributed by atoms with Crippen LogP contribution in [0.3, 0.4) is 0 Å². The van der Waals surface area contributed by atoms with Crippen molar-refractivity contribution in [3.63, 3.8) is 0 Å². The molecule has 0 aromatic heterocycles. The molecule has 14 heavy (non-hydrogen) atoms. The predicted molar refractivity (Wildman–Crippen MR) is 60.7 cm³/mol. The minimum Gasteiger partial charge on any atom is -0.495 e. The van der Waals surface area contributed by atoms with Gasteiger partial charge in [0, 0.05) is 11.6 Å². The lowest BCUT2D eigenvalue weighted by molar-refractivity contribution is 0.400. The molecular weight excluding hydrogens is 242 g/mol. The van der Waals surface area contributed by atoms with Gasteiger partial charge in [-0.05, 0) is 41.4 Å². The molecular formula is C11H14BrNO. The van der Waals surface area contributed by atoms with Crippen molar-refractivity contribution in [3.8, 4) is 5.75 Å². The lowest BCUT2D eigenvalue weighted by Gasteiger charge is -2.15. The normalized spacial score (nSPS) is 21.1. The third kappa shape index (κ3) is 1.79. The maximum absolute atomic E-state index is 5.40. The average molecular weight is 256 g/mol. The predicted octanol–water partition coefficient (Wildman–Crippen LogP) is 2.88. The van der Waals surface area contributed by atoms with Crippen LogP contribution in [0.4, 0.5) is 0 Å². The summed E-state index contributed by atoms with van der Waals surface area (Å²) >= 11 is 3.50. The number of nitrogens with one attached hydrogen (secondary N) is 1. The Morgan fingerprint density at radius 1 is 1.50 bits per heavy atom. The summed E-state index contributed by atoms with van der Waals surface area (Å²) in [5.41, 5.74) is 1.26. The van der Waals surface area contributed by atoms with E-state index in [9.17, 15) is 0 Å². The number of hydrogen-bond donors (Lipinski definition) is 1. The Kier molecular flexibility index (Phi) is 3.08. The Bertz CT molecular complexity index is 321. The summed E-state index contributed by atoms with van der Waals surface area (Å²) in [5.74, 6) is 0.965. The van der Waals surface area contributed by atoms with Crippen LogP contribution in [0, 0.1) is 0 Å². The molecule has 0 aliphatic carbocycles. The largest absolute Gasteiger partial charge is 0.495 e. The zero-order valence-corrected chi connectivity index (χ0v) is 9.80. The van der Waals surface area contributed by atoms with Crippen molar-refractivity contribution in [2.75, 3.05) is 13.7 Å². The van der Waals surface area contributed by atoms with Crippen LogP contribution < -0.4 is 10.1 Å². The number of methoxy groups -OCH3 is 1. The number of hydrogen-bond acceptors (Lipinski definition) is 2. The molecule has 0 radical (unpaired) electrons. The van der Waals surface area contributed by atoms with E-state index in [1.54, 1.807) is 7.11 Å². The van der Waals surface area contributed by atoms with Crippen LogP contribution in [-0.4, -0.2) is 13.7 Å². The highest BCUT2D eigenvalue weighted by molar-refractivity contribution is 9.10. The van der Waals surface area contributed by atoms with Gasteiger partial charge in [0.05, 0.1) is 11.6 Å². The fraction of sp³-hybridized carbons (Fsp3) is 0.455. The Morgan fingerprint density at radius 2 is 2.36 bits per heavy atom. The zero-order valence-electron chi connectivity index (χ0n) is 8.22. The highest BCUT2D eigenvalue weighted by Gasteiger charge is 2.20. The van der Waals surface area contributed by atoms with Crippen molar-refractivity contribution in [3.05, 3.63) is 28.2 Å². The first-order valence-electron chi connectivity index (χ1n) is 4.88. The molecule has 76 valence electrons. The molecule has 0 bridgehead atoms. The maximum Gasteiger partial charge on any atom is 0.137 e. The molecule has 0 spiro atoms. The second-order valence-electron chi connectivity index (χ2n) is 3.51. The molecule has 1 saturated heterocycles. The average Bonchev–Trinajstić information content (AvgIpc) is 2.70. The standard InChI is InChI=1S/C11H14BrNO/c1-14-11-8(4-2-5-9(11)12)10-6-3-7-13-10/h2,4-5,10,13H,3,6-7H2,1H3/t10-/m1/s1. The third-order valence-corrected chi connectivity index (χ3v) is 3.26. The Hall–Kier alpha value is -0.540. The van der Waals surface area contributed by atoms with E-state index in [4.69, 9.17) is 4.74 Å². The molecule has 1 aliphatic heterocycles. The summed E-state index contributed by atoms with van der Waals surface area (Å²) < 4.78 is 6.44. The molecule has 1 aromatic carbocycles. The fourth-order valence-corrected chi connectivity index (χ4v) is 2.51. The molecule has 1 fully saturated rings. The zero-order chi connectivity index (χ0) is 9.97. The lowest BCUT2D eigenvalue weighted by Crippen LogP contribution is -2.13. The van der Waals surface area contributed by atoms with E-state index in [1.807, 2.05) is 6.07 Å². The molecule has 0 unspecified atom stereocenters. The summed E-state index contributed by atoms with van der Waals surface area (Å²) in [4.78, 5) is 0. The second kappa shape index (κ2) is 4.32. The molecule has 1 aliphatic rings. The molecule has 0 saturated carbocycles. The van der Waals surface area contributed by atoms with Gasteiger partial charge in [0.25, 0.3) is 0 Å². The van der Waals surface area contributed by atoms with Gasteiger partial charge in [-0.15, -0.1) is 0 Å². The second-order valence-corrected chi connectivity index (χ2v) is 4.37. The number of benzene rings is 1. The summed E-state index contributed by atoms with van der Waals surface area (Å²) in [5, 5.41) is 3.47. The van der Waals surface area contributed by atoms with Crippen LogP contribution in [0.25, 0.3) is 0 Å². The SMILES string of the molecule is COc1c(Br)cccc1[C@H]1CCCN1. The van der Waals surface area contributed by atoms with Crippen LogP contribution in [0.1, 0.15) is 24.4 Å². The van der Waals surface area contributed by atoms with Crippen molar-refractivity contribution in [1.82, 2.24) is 5.32 Å². The summed E-state index contributed by atoms with van der Waals surface area (Å²) in [7, 11) is 1.72. The van der Waals surface area contributed by atoms with Crippen molar-refractivity contribution in [2.45, 2.75) is 18.9 Å². The van der Waals surface area contributed by atoms with Gasteiger partial charge in [0.1, 0.15) is 5.75 Å². The van der Waals surface area contributed by atoms with E-state index in [0.717, 1.165) is 16.8 Å².